The normalized spacial score (nSPS) is 11.0. The van der Waals surface area contributed by atoms with Crippen LogP contribution in [0.25, 0.3) is 11.0 Å². The molecular weight excluding hydrogens is 410 g/mol. The second-order valence-electron chi connectivity index (χ2n) is 6.23. The van der Waals surface area contributed by atoms with Crippen LogP contribution in [0.2, 0.25) is 0 Å². The molecule has 2 heterocycles. The van der Waals surface area contributed by atoms with Gasteiger partial charge in [0.05, 0.1) is 12.7 Å². The summed E-state index contributed by atoms with van der Waals surface area (Å²) in [6.45, 7) is 2.80. The Balaban J connectivity index is 1.44. The molecule has 0 unspecified atom stereocenters. The zero-order valence-corrected chi connectivity index (χ0v) is 16.1. The van der Waals surface area contributed by atoms with Gasteiger partial charge in [-0.2, -0.15) is 0 Å². The third-order valence-corrected chi connectivity index (χ3v) is 4.68. The summed E-state index contributed by atoms with van der Waals surface area (Å²) < 4.78 is 13.8. The molecule has 0 fully saturated rings. The Bertz CT molecular complexity index is 1150. The fourth-order valence-corrected chi connectivity index (χ4v) is 3.08. The molecule has 0 amide bonds. The third kappa shape index (κ3) is 4.09. The van der Waals surface area contributed by atoms with Crippen molar-refractivity contribution in [3.05, 3.63) is 86.4 Å². The highest BCUT2D eigenvalue weighted by Gasteiger charge is 2.06. The lowest BCUT2D eigenvalue weighted by Gasteiger charge is -2.06. The predicted molar refractivity (Wildman–Crippen MR) is 105 cm³/mol. The molecule has 0 aliphatic heterocycles. The van der Waals surface area contributed by atoms with Gasteiger partial charge in [-0.25, -0.2) is 9.48 Å². The molecule has 0 radical (unpaired) electrons. The van der Waals surface area contributed by atoms with Crippen LogP contribution in [-0.4, -0.2) is 15.0 Å². The van der Waals surface area contributed by atoms with E-state index in [-0.39, 0.29) is 12.2 Å². The van der Waals surface area contributed by atoms with Crippen LogP contribution < -0.4 is 10.4 Å². The monoisotopic (exact) mass is 425 g/mol. The molecule has 4 rings (SSSR count). The Kier molecular flexibility index (Phi) is 4.77. The topological polar surface area (TPSA) is 70.2 Å². The van der Waals surface area contributed by atoms with Crippen molar-refractivity contribution in [3.8, 4) is 5.75 Å². The van der Waals surface area contributed by atoms with Gasteiger partial charge in [-0.15, -0.1) is 5.10 Å². The van der Waals surface area contributed by atoms with Gasteiger partial charge in [0.25, 0.3) is 0 Å². The van der Waals surface area contributed by atoms with E-state index in [1.54, 1.807) is 10.7 Å². The van der Waals surface area contributed by atoms with Gasteiger partial charge in [0, 0.05) is 22.0 Å². The summed E-state index contributed by atoms with van der Waals surface area (Å²) in [5.74, 6) is 0.610. The van der Waals surface area contributed by atoms with E-state index in [2.05, 4.69) is 26.2 Å². The maximum absolute atomic E-state index is 11.5. The first-order valence-electron chi connectivity index (χ1n) is 8.37. The molecule has 7 heteroatoms. The number of aromatic nitrogens is 3. The summed E-state index contributed by atoms with van der Waals surface area (Å²) in [5.41, 5.74) is 2.88. The minimum Gasteiger partial charge on any atom is -0.487 e. The van der Waals surface area contributed by atoms with Crippen LogP contribution in [0.15, 0.2) is 68.4 Å². The van der Waals surface area contributed by atoms with Crippen LogP contribution in [0, 0.1) is 6.92 Å². The van der Waals surface area contributed by atoms with Crippen molar-refractivity contribution in [2.45, 2.75) is 20.1 Å². The Labute approximate surface area is 163 Å². The second-order valence-corrected chi connectivity index (χ2v) is 7.14. The largest absolute Gasteiger partial charge is 0.487 e. The summed E-state index contributed by atoms with van der Waals surface area (Å²) in [6.07, 6.45) is 1.85. The Hall–Kier alpha value is -2.93. The summed E-state index contributed by atoms with van der Waals surface area (Å²) in [6, 6.07) is 15.0. The first-order chi connectivity index (χ1) is 13.1. The van der Waals surface area contributed by atoms with Crippen molar-refractivity contribution >= 4 is 26.9 Å². The van der Waals surface area contributed by atoms with Crippen molar-refractivity contribution in [2.24, 2.45) is 0 Å². The number of benzene rings is 2. The van der Waals surface area contributed by atoms with Gasteiger partial charge in [0.1, 0.15) is 23.6 Å². The summed E-state index contributed by atoms with van der Waals surface area (Å²) in [4.78, 5) is 11.5. The fourth-order valence-electron chi connectivity index (χ4n) is 2.81. The lowest BCUT2D eigenvalue weighted by atomic mass is 10.1. The van der Waals surface area contributed by atoms with Gasteiger partial charge in [-0.05, 0) is 42.3 Å². The van der Waals surface area contributed by atoms with Gasteiger partial charge >= 0.3 is 5.63 Å². The predicted octanol–water partition coefficient (Wildman–Crippen LogP) is 4.08. The van der Waals surface area contributed by atoms with E-state index >= 15 is 0 Å². The number of hydrogen-bond donors (Lipinski definition) is 0. The van der Waals surface area contributed by atoms with Crippen molar-refractivity contribution in [1.82, 2.24) is 15.0 Å². The Morgan fingerprint density at radius 1 is 1.15 bits per heavy atom. The van der Waals surface area contributed by atoms with Crippen LogP contribution in [0.5, 0.6) is 5.75 Å². The van der Waals surface area contributed by atoms with Crippen molar-refractivity contribution in [3.63, 3.8) is 0 Å². The molecule has 6 nitrogen and oxygen atoms in total. The molecule has 0 spiro atoms. The zero-order chi connectivity index (χ0) is 18.8. The van der Waals surface area contributed by atoms with Crippen molar-refractivity contribution in [1.29, 1.82) is 0 Å². The first kappa shape index (κ1) is 17.5. The molecule has 4 aromatic rings. The molecule has 0 N–H and O–H groups in total. The van der Waals surface area contributed by atoms with Crippen LogP contribution in [-0.2, 0) is 13.2 Å². The molecule has 2 aromatic carbocycles. The quantitative estimate of drug-likeness (QED) is 0.450. The van der Waals surface area contributed by atoms with E-state index in [0.29, 0.717) is 17.9 Å². The fraction of sp³-hybridized carbons (Fsp3) is 0.150. The van der Waals surface area contributed by atoms with Gasteiger partial charge in [0.15, 0.2) is 0 Å². The molecule has 136 valence electrons. The summed E-state index contributed by atoms with van der Waals surface area (Å²) in [5, 5.41) is 9.17. The van der Waals surface area contributed by atoms with Crippen LogP contribution >= 0.6 is 15.9 Å². The average Bonchev–Trinajstić information content (AvgIpc) is 3.09. The van der Waals surface area contributed by atoms with E-state index in [9.17, 15) is 4.79 Å². The van der Waals surface area contributed by atoms with Gasteiger partial charge < -0.3 is 9.15 Å². The van der Waals surface area contributed by atoms with Gasteiger partial charge in [0.2, 0.25) is 0 Å². The minimum absolute atomic E-state index is 0.280. The molecule has 0 aliphatic carbocycles. The molecule has 0 atom stereocenters. The van der Waals surface area contributed by atoms with Gasteiger partial charge in [-0.1, -0.05) is 33.3 Å². The molecule has 0 saturated carbocycles. The number of ether oxygens (including phenoxy) is 1. The number of aryl methyl sites for hydroxylation is 1. The SMILES string of the molecule is Cc1cc(=O)oc2cc(OCc3cn(Cc4ccc(Br)cc4)nn3)ccc12. The van der Waals surface area contributed by atoms with E-state index < -0.39 is 0 Å². The van der Waals surface area contributed by atoms with E-state index in [4.69, 9.17) is 9.15 Å². The highest BCUT2D eigenvalue weighted by molar-refractivity contribution is 9.10. The van der Waals surface area contributed by atoms with Crippen molar-refractivity contribution in [2.75, 3.05) is 0 Å². The van der Waals surface area contributed by atoms with Gasteiger partial charge in [-0.3, -0.25) is 0 Å². The highest BCUT2D eigenvalue weighted by atomic mass is 79.9. The number of nitrogens with zero attached hydrogens (tertiary/aromatic N) is 3. The molecule has 2 aromatic heterocycles. The number of fused-ring (bicyclic) bond motifs is 1. The summed E-state index contributed by atoms with van der Waals surface area (Å²) >= 11 is 3.43. The standard InChI is InChI=1S/C20H16BrN3O3/c1-13-8-20(25)27-19-9-17(6-7-18(13)19)26-12-16-11-24(23-22-16)10-14-2-4-15(21)5-3-14/h2-9,11H,10,12H2,1H3. The number of hydrogen-bond acceptors (Lipinski definition) is 5. The molecular formula is C20H16BrN3O3. The van der Waals surface area contributed by atoms with E-state index in [0.717, 1.165) is 26.7 Å². The third-order valence-electron chi connectivity index (χ3n) is 4.15. The molecule has 0 saturated heterocycles. The van der Waals surface area contributed by atoms with E-state index in [1.807, 2.05) is 49.5 Å². The first-order valence-corrected chi connectivity index (χ1v) is 9.17. The van der Waals surface area contributed by atoms with E-state index in [1.165, 1.54) is 6.07 Å². The Morgan fingerprint density at radius 3 is 2.78 bits per heavy atom. The maximum Gasteiger partial charge on any atom is 0.336 e. The van der Waals surface area contributed by atoms with Crippen LogP contribution in [0.1, 0.15) is 16.8 Å². The average molecular weight is 426 g/mol. The second kappa shape index (κ2) is 7.36. The smallest absolute Gasteiger partial charge is 0.336 e. The number of rotatable bonds is 5. The minimum atomic E-state index is -0.368. The maximum atomic E-state index is 11.5. The molecule has 27 heavy (non-hydrogen) atoms. The zero-order valence-electron chi connectivity index (χ0n) is 14.6. The van der Waals surface area contributed by atoms with Crippen LogP contribution in [0.3, 0.4) is 0 Å². The van der Waals surface area contributed by atoms with Crippen LogP contribution in [0.4, 0.5) is 0 Å². The molecule has 0 aliphatic rings. The lowest BCUT2D eigenvalue weighted by Crippen LogP contribution is -2.00. The summed E-state index contributed by atoms with van der Waals surface area (Å²) in [7, 11) is 0. The lowest BCUT2D eigenvalue weighted by molar-refractivity contribution is 0.301. The van der Waals surface area contributed by atoms with Crippen molar-refractivity contribution < 1.29 is 9.15 Å². The highest BCUT2D eigenvalue weighted by Crippen LogP contribution is 2.22. The Morgan fingerprint density at radius 2 is 1.96 bits per heavy atom. The molecule has 0 bridgehead atoms. The number of halogens is 1.